The summed E-state index contributed by atoms with van der Waals surface area (Å²) in [6.45, 7) is 2.33. The van der Waals surface area contributed by atoms with Crippen LogP contribution in [0.4, 0.5) is 0 Å². The SMILES string of the molecule is C[C@H]1CC12c1ccccc1Oc1ccccc12. The van der Waals surface area contributed by atoms with Crippen molar-refractivity contribution in [2.45, 2.75) is 18.8 Å². The molecule has 1 fully saturated rings. The fourth-order valence-corrected chi connectivity index (χ4v) is 3.29. The fraction of sp³-hybridized carbons (Fsp3) is 0.250. The topological polar surface area (TPSA) is 9.23 Å². The smallest absolute Gasteiger partial charge is 0.131 e. The van der Waals surface area contributed by atoms with Crippen molar-refractivity contribution in [1.82, 2.24) is 0 Å². The first-order valence-electron chi connectivity index (χ1n) is 6.19. The van der Waals surface area contributed by atoms with Gasteiger partial charge >= 0.3 is 0 Å². The van der Waals surface area contributed by atoms with Crippen molar-refractivity contribution in [3.63, 3.8) is 0 Å². The Balaban J connectivity index is 2.02. The molecular formula is C16H14O. The van der Waals surface area contributed by atoms with Gasteiger partial charge in [-0.2, -0.15) is 0 Å². The molecule has 1 saturated carbocycles. The number of rotatable bonds is 0. The first-order valence-corrected chi connectivity index (χ1v) is 6.19. The molecule has 0 unspecified atom stereocenters. The lowest BCUT2D eigenvalue weighted by Gasteiger charge is -2.29. The molecule has 2 aromatic rings. The van der Waals surface area contributed by atoms with E-state index in [1.165, 1.54) is 17.5 Å². The lowest BCUT2D eigenvalue weighted by atomic mass is 9.83. The van der Waals surface area contributed by atoms with Gasteiger partial charge in [-0.05, 0) is 24.5 Å². The summed E-state index contributed by atoms with van der Waals surface area (Å²) in [6, 6.07) is 16.9. The second kappa shape index (κ2) is 2.92. The van der Waals surface area contributed by atoms with Crippen LogP contribution in [0.5, 0.6) is 11.5 Å². The molecule has 17 heavy (non-hydrogen) atoms. The van der Waals surface area contributed by atoms with Gasteiger partial charge in [0.05, 0.1) is 0 Å². The number of fused-ring (bicyclic) bond motifs is 4. The monoisotopic (exact) mass is 222 g/mol. The van der Waals surface area contributed by atoms with Crippen LogP contribution in [0.1, 0.15) is 24.5 Å². The number of benzene rings is 2. The molecule has 1 spiro atoms. The highest BCUT2D eigenvalue weighted by molar-refractivity contribution is 5.61. The Labute approximate surface area is 101 Å². The van der Waals surface area contributed by atoms with E-state index >= 15 is 0 Å². The van der Waals surface area contributed by atoms with Gasteiger partial charge in [-0.3, -0.25) is 0 Å². The molecule has 4 rings (SSSR count). The predicted octanol–water partition coefficient (Wildman–Crippen LogP) is 4.12. The molecule has 1 atom stereocenters. The second-order valence-electron chi connectivity index (χ2n) is 5.17. The van der Waals surface area contributed by atoms with Gasteiger partial charge in [0.15, 0.2) is 0 Å². The Morgan fingerprint density at radius 1 is 0.941 bits per heavy atom. The van der Waals surface area contributed by atoms with Gasteiger partial charge in [0, 0.05) is 16.5 Å². The molecule has 2 aromatic carbocycles. The number of ether oxygens (including phenoxy) is 1. The van der Waals surface area contributed by atoms with Gasteiger partial charge in [-0.1, -0.05) is 43.3 Å². The van der Waals surface area contributed by atoms with Crippen molar-refractivity contribution in [3.8, 4) is 11.5 Å². The molecule has 1 heterocycles. The predicted molar refractivity (Wildman–Crippen MR) is 67.5 cm³/mol. The highest BCUT2D eigenvalue weighted by Crippen LogP contribution is 2.64. The van der Waals surface area contributed by atoms with Crippen LogP contribution >= 0.6 is 0 Å². The Hall–Kier alpha value is -1.76. The molecule has 0 radical (unpaired) electrons. The van der Waals surface area contributed by atoms with E-state index in [0.29, 0.717) is 5.92 Å². The molecule has 84 valence electrons. The van der Waals surface area contributed by atoms with Crippen LogP contribution in [-0.4, -0.2) is 0 Å². The first-order chi connectivity index (χ1) is 8.32. The van der Waals surface area contributed by atoms with Gasteiger partial charge < -0.3 is 4.74 Å². The van der Waals surface area contributed by atoms with E-state index in [0.717, 1.165) is 11.5 Å². The molecule has 1 heteroatoms. The Bertz CT molecular complexity index is 554. The summed E-state index contributed by atoms with van der Waals surface area (Å²) in [7, 11) is 0. The maximum atomic E-state index is 6.00. The third-order valence-electron chi connectivity index (χ3n) is 4.26. The van der Waals surface area contributed by atoms with Crippen molar-refractivity contribution >= 4 is 0 Å². The fourth-order valence-electron chi connectivity index (χ4n) is 3.29. The average molecular weight is 222 g/mol. The van der Waals surface area contributed by atoms with E-state index in [-0.39, 0.29) is 5.41 Å². The van der Waals surface area contributed by atoms with Crippen LogP contribution < -0.4 is 4.74 Å². The zero-order valence-electron chi connectivity index (χ0n) is 9.81. The van der Waals surface area contributed by atoms with E-state index in [9.17, 15) is 0 Å². The molecule has 1 aliphatic carbocycles. The summed E-state index contributed by atoms with van der Waals surface area (Å²) in [5.41, 5.74) is 2.96. The third kappa shape index (κ3) is 1.04. The van der Waals surface area contributed by atoms with E-state index in [1.54, 1.807) is 0 Å². The number of para-hydroxylation sites is 2. The van der Waals surface area contributed by atoms with E-state index in [2.05, 4.69) is 43.3 Å². The van der Waals surface area contributed by atoms with Crippen molar-refractivity contribution in [1.29, 1.82) is 0 Å². The Kier molecular flexibility index (Phi) is 1.60. The average Bonchev–Trinajstić information content (AvgIpc) is 3.02. The third-order valence-corrected chi connectivity index (χ3v) is 4.26. The van der Waals surface area contributed by atoms with Gasteiger partial charge in [0.1, 0.15) is 11.5 Å². The normalized spacial score (nSPS) is 22.5. The number of hydrogen-bond donors (Lipinski definition) is 0. The van der Waals surface area contributed by atoms with Gasteiger partial charge in [0.2, 0.25) is 0 Å². The molecule has 1 nitrogen and oxygen atoms in total. The highest BCUT2D eigenvalue weighted by atomic mass is 16.5. The van der Waals surface area contributed by atoms with Crippen LogP contribution in [0, 0.1) is 5.92 Å². The lowest BCUT2D eigenvalue weighted by molar-refractivity contribution is 0.437. The van der Waals surface area contributed by atoms with E-state index in [1.807, 2.05) is 12.1 Å². The minimum atomic E-state index is 0.228. The van der Waals surface area contributed by atoms with Crippen LogP contribution in [0.3, 0.4) is 0 Å². The van der Waals surface area contributed by atoms with Crippen molar-refractivity contribution in [3.05, 3.63) is 59.7 Å². The minimum absolute atomic E-state index is 0.228. The Morgan fingerprint density at radius 3 is 1.88 bits per heavy atom. The van der Waals surface area contributed by atoms with Crippen molar-refractivity contribution < 1.29 is 4.74 Å². The summed E-state index contributed by atoms with van der Waals surface area (Å²) >= 11 is 0. The molecule has 0 N–H and O–H groups in total. The van der Waals surface area contributed by atoms with Gasteiger partial charge in [-0.15, -0.1) is 0 Å². The summed E-state index contributed by atoms with van der Waals surface area (Å²) in [5, 5.41) is 0. The van der Waals surface area contributed by atoms with Crippen molar-refractivity contribution in [2.75, 3.05) is 0 Å². The zero-order chi connectivity index (χ0) is 11.5. The zero-order valence-corrected chi connectivity index (χ0v) is 9.81. The first kappa shape index (κ1) is 9.29. The van der Waals surface area contributed by atoms with Crippen LogP contribution in [0.15, 0.2) is 48.5 Å². The Morgan fingerprint density at radius 2 is 1.41 bits per heavy atom. The minimum Gasteiger partial charge on any atom is -0.457 e. The summed E-state index contributed by atoms with van der Waals surface area (Å²) < 4.78 is 6.00. The molecule has 0 bridgehead atoms. The molecule has 0 aromatic heterocycles. The van der Waals surface area contributed by atoms with Crippen molar-refractivity contribution in [2.24, 2.45) is 5.92 Å². The van der Waals surface area contributed by atoms with E-state index in [4.69, 9.17) is 4.74 Å². The van der Waals surface area contributed by atoms with Crippen LogP contribution in [0.25, 0.3) is 0 Å². The molecule has 0 saturated heterocycles. The maximum Gasteiger partial charge on any atom is 0.131 e. The molecular weight excluding hydrogens is 208 g/mol. The largest absolute Gasteiger partial charge is 0.457 e. The van der Waals surface area contributed by atoms with Gasteiger partial charge in [-0.25, -0.2) is 0 Å². The van der Waals surface area contributed by atoms with Crippen LogP contribution in [-0.2, 0) is 5.41 Å². The standard InChI is InChI=1S/C16H14O/c1-11-10-16(11)12-6-2-4-8-14(12)17-15-9-5-3-7-13(15)16/h2-9,11H,10H2,1H3/t11-/m0/s1. The van der Waals surface area contributed by atoms with E-state index < -0.39 is 0 Å². The second-order valence-corrected chi connectivity index (χ2v) is 5.17. The number of hydrogen-bond acceptors (Lipinski definition) is 1. The summed E-state index contributed by atoms with van der Waals surface area (Å²) in [4.78, 5) is 0. The lowest BCUT2D eigenvalue weighted by Crippen LogP contribution is -2.18. The quantitative estimate of drug-likeness (QED) is 0.651. The highest BCUT2D eigenvalue weighted by Gasteiger charge is 2.57. The summed E-state index contributed by atoms with van der Waals surface area (Å²) in [5.74, 6) is 2.79. The van der Waals surface area contributed by atoms with Crippen LogP contribution in [0.2, 0.25) is 0 Å². The van der Waals surface area contributed by atoms with Gasteiger partial charge in [0.25, 0.3) is 0 Å². The maximum absolute atomic E-state index is 6.00. The molecule has 2 aliphatic rings. The molecule has 0 amide bonds. The molecule has 1 aliphatic heterocycles. The summed E-state index contributed by atoms with van der Waals surface area (Å²) in [6.07, 6.45) is 1.24.